The number of nitrogens with one attached hydrogen (secondary N) is 1. The van der Waals surface area contributed by atoms with Crippen LogP contribution in [0.1, 0.15) is 16.8 Å². The number of benzene rings is 1. The molecular weight excluding hydrogens is 224 g/mol. The molecule has 4 nitrogen and oxygen atoms in total. The van der Waals surface area contributed by atoms with Crippen molar-refractivity contribution in [2.24, 2.45) is 0 Å². The van der Waals surface area contributed by atoms with E-state index in [1.807, 2.05) is 0 Å². The van der Waals surface area contributed by atoms with Crippen molar-refractivity contribution in [3.8, 4) is 0 Å². The van der Waals surface area contributed by atoms with E-state index in [-0.39, 0.29) is 5.56 Å². The van der Waals surface area contributed by atoms with E-state index in [0.29, 0.717) is 5.69 Å². The summed E-state index contributed by atoms with van der Waals surface area (Å²) in [7, 11) is 0. The van der Waals surface area contributed by atoms with Crippen LogP contribution in [-0.2, 0) is 0 Å². The van der Waals surface area contributed by atoms with Crippen molar-refractivity contribution in [3.63, 3.8) is 0 Å². The van der Waals surface area contributed by atoms with E-state index < -0.39 is 5.97 Å². The second-order valence-electron chi connectivity index (χ2n) is 3.38. The average molecular weight is 240 g/mol. The number of aromatic carboxylic acids is 1. The van der Waals surface area contributed by atoms with Crippen LogP contribution in [0.3, 0.4) is 0 Å². The van der Waals surface area contributed by atoms with Gasteiger partial charge in [-0.25, -0.2) is 4.79 Å². The second-order valence-corrected chi connectivity index (χ2v) is 4.37. The van der Waals surface area contributed by atoms with Crippen molar-refractivity contribution in [1.29, 1.82) is 0 Å². The molecule has 1 aromatic carbocycles. The van der Waals surface area contributed by atoms with Gasteiger partial charge >= 0.3 is 5.97 Å². The van der Waals surface area contributed by atoms with Gasteiger partial charge in [-0.05, 0) is 36.6 Å². The van der Waals surface area contributed by atoms with Crippen LogP contribution in [0.15, 0.2) is 18.2 Å². The first-order valence-corrected chi connectivity index (χ1v) is 6.40. The molecule has 0 aliphatic heterocycles. The molecule has 0 aromatic heterocycles. The smallest absolute Gasteiger partial charge is 0.337 e. The lowest BCUT2D eigenvalue weighted by molar-refractivity contribution is 0.0698. The number of nitrogens with two attached hydrogens (primary N) is 1. The fraction of sp³-hybridized carbons (Fsp3) is 0.364. The van der Waals surface area contributed by atoms with E-state index in [2.05, 4.69) is 11.6 Å². The van der Waals surface area contributed by atoms with E-state index in [9.17, 15) is 4.79 Å². The van der Waals surface area contributed by atoms with Crippen LogP contribution < -0.4 is 11.1 Å². The Balaban J connectivity index is 2.61. The van der Waals surface area contributed by atoms with Crippen LogP contribution in [0.2, 0.25) is 0 Å². The van der Waals surface area contributed by atoms with E-state index in [1.165, 1.54) is 0 Å². The van der Waals surface area contributed by atoms with E-state index in [1.54, 1.807) is 30.0 Å². The Morgan fingerprint density at radius 1 is 1.56 bits per heavy atom. The van der Waals surface area contributed by atoms with Gasteiger partial charge in [0, 0.05) is 17.9 Å². The zero-order valence-corrected chi connectivity index (χ0v) is 10.0. The van der Waals surface area contributed by atoms with Crippen LogP contribution in [0.25, 0.3) is 0 Å². The summed E-state index contributed by atoms with van der Waals surface area (Å²) in [5.41, 5.74) is 6.80. The third kappa shape index (κ3) is 3.66. The van der Waals surface area contributed by atoms with Crippen LogP contribution in [0.5, 0.6) is 0 Å². The maximum absolute atomic E-state index is 10.8. The number of hydrogen-bond donors (Lipinski definition) is 3. The number of carboxylic acid groups (broad SMARTS) is 1. The molecule has 0 spiro atoms. The van der Waals surface area contributed by atoms with Gasteiger partial charge in [0.2, 0.25) is 0 Å². The van der Waals surface area contributed by atoms with Gasteiger partial charge in [0.05, 0.1) is 5.56 Å². The van der Waals surface area contributed by atoms with Crippen molar-refractivity contribution < 1.29 is 9.90 Å². The fourth-order valence-electron chi connectivity index (χ4n) is 1.30. The Kier molecular flexibility index (Phi) is 4.98. The Morgan fingerprint density at radius 3 is 2.94 bits per heavy atom. The average Bonchev–Trinajstić information content (AvgIpc) is 2.26. The highest BCUT2D eigenvalue weighted by atomic mass is 32.2. The van der Waals surface area contributed by atoms with Crippen LogP contribution in [-0.4, -0.2) is 29.6 Å². The van der Waals surface area contributed by atoms with Gasteiger partial charge in [-0.3, -0.25) is 0 Å². The number of hydrogen-bond acceptors (Lipinski definition) is 4. The van der Waals surface area contributed by atoms with Gasteiger partial charge in [-0.2, -0.15) is 11.8 Å². The van der Waals surface area contributed by atoms with Crippen molar-refractivity contribution in [2.45, 2.75) is 6.42 Å². The number of nitrogen functional groups attached to an aromatic ring is 1. The minimum absolute atomic E-state index is 0.148. The molecule has 0 bridgehead atoms. The molecule has 0 unspecified atom stereocenters. The first kappa shape index (κ1) is 12.7. The standard InChI is InChI=1S/C11H16N2O2S/c1-16-6-2-5-13-8-3-4-10(12)9(7-8)11(14)15/h3-4,7,13H,2,5-6,12H2,1H3,(H,14,15). The number of rotatable bonds is 6. The maximum atomic E-state index is 10.8. The Morgan fingerprint density at radius 2 is 2.31 bits per heavy atom. The largest absolute Gasteiger partial charge is 0.478 e. The number of thioether (sulfide) groups is 1. The molecule has 4 N–H and O–H groups in total. The zero-order chi connectivity index (χ0) is 12.0. The first-order valence-electron chi connectivity index (χ1n) is 5.00. The highest BCUT2D eigenvalue weighted by molar-refractivity contribution is 7.98. The third-order valence-corrected chi connectivity index (χ3v) is 2.83. The molecule has 0 aliphatic carbocycles. The van der Waals surface area contributed by atoms with Crippen molar-refractivity contribution >= 4 is 29.1 Å². The normalized spacial score (nSPS) is 10.1. The van der Waals surface area contributed by atoms with E-state index in [4.69, 9.17) is 10.8 Å². The van der Waals surface area contributed by atoms with Crippen molar-refractivity contribution in [3.05, 3.63) is 23.8 Å². The monoisotopic (exact) mass is 240 g/mol. The maximum Gasteiger partial charge on any atom is 0.337 e. The number of carbonyl (C=O) groups is 1. The van der Waals surface area contributed by atoms with E-state index in [0.717, 1.165) is 24.4 Å². The van der Waals surface area contributed by atoms with Crippen LogP contribution in [0, 0.1) is 0 Å². The minimum Gasteiger partial charge on any atom is -0.478 e. The molecule has 0 radical (unpaired) electrons. The topological polar surface area (TPSA) is 75.3 Å². The minimum atomic E-state index is -0.995. The molecule has 88 valence electrons. The zero-order valence-electron chi connectivity index (χ0n) is 9.19. The highest BCUT2D eigenvalue weighted by Crippen LogP contribution is 2.17. The summed E-state index contributed by atoms with van der Waals surface area (Å²) in [5.74, 6) is 0.0959. The van der Waals surface area contributed by atoms with Gasteiger partial charge in [0.25, 0.3) is 0 Å². The quantitative estimate of drug-likeness (QED) is 0.524. The molecular formula is C11H16N2O2S. The van der Waals surface area contributed by atoms with Crippen LogP contribution >= 0.6 is 11.8 Å². The van der Waals surface area contributed by atoms with Gasteiger partial charge in [0.1, 0.15) is 0 Å². The predicted octanol–water partition coefficient (Wildman–Crippen LogP) is 2.13. The Bertz CT molecular complexity index is 369. The molecule has 1 rings (SSSR count). The van der Waals surface area contributed by atoms with E-state index >= 15 is 0 Å². The van der Waals surface area contributed by atoms with Gasteiger partial charge in [-0.15, -0.1) is 0 Å². The van der Waals surface area contributed by atoms with Crippen molar-refractivity contribution in [2.75, 3.05) is 29.6 Å². The van der Waals surface area contributed by atoms with Crippen LogP contribution in [0.4, 0.5) is 11.4 Å². The summed E-state index contributed by atoms with van der Waals surface area (Å²) in [6, 6.07) is 4.97. The lowest BCUT2D eigenvalue weighted by atomic mass is 10.1. The van der Waals surface area contributed by atoms with Crippen molar-refractivity contribution in [1.82, 2.24) is 0 Å². The predicted molar refractivity (Wildman–Crippen MR) is 69.3 cm³/mol. The van der Waals surface area contributed by atoms with Gasteiger partial charge in [0.15, 0.2) is 0 Å². The SMILES string of the molecule is CSCCCNc1ccc(N)c(C(=O)O)c1. The Hall–Kier alpha value is -1.36. The summed E-state index contributed by atoms with van der Waals surface area (Å²) in [5, 5.41) is 12.1. The molecule has 16 heavy (non-hydrogen) atoms. The molecule has 1 aromatic rings. The molecule has 0 saturated heterocycles. The fourth-order valence-corrected chi connectivity index (χ4v) is 1.73. The lowest BCUT2D eigenvalue weighted by Gasteiger charge is -2.08. The molecule has 0 fully saturated rings. The number of anilines is 2. The molecule has 0 atom stereocenters. The molecule has 0 amide bonds. The summed E-state index contributed by atoms with van der Waals surface area (Å²) < 4.78 is 0. The first-order chi connectivity index (χ1) is 7.65. The van der Waals surface area contributed by atoms with Gasteiger partial charge in [-0.1, -0.05) is 0 Å². The molecule has 0 heterocycles. The molecule has 0 aliphatic rings. The van der Waals surface area contributed by atoms with Gasteiger partial charge < -0.3 is 16.2 Å². The summed E-state index contributed by atoms with van der Waals surface area (Å²) in [4.78, 5) is 10.8. The summed E-state index contributed by atoms with van der Waals surface area (Å²) in [6.45, 7) is 0.837. The lowest BCUT2D eigenvalue weighted by Crippen LogP contribution is -2.06. The molecule has 0 saturated carbocycles. The third-order valence-electron chi connectivity index (χ3n) is 2.14. The summed E-state index contributed by atoms with van der Waals surface area (Å²) >= 11 is 1.79. The summed E-state index contributed by atoms with van der Waals surface area (Å²) in [6.07, 6.45) is 3.11. The molecule has 5 heteroatoms. The number of carboxylic acids is 1. The second kappa shape index (κ2) is 6.27. The Labute approximate surface area is 99.2 Å². The highest BCUT2D eigenvalue weighted by Gasteiger charge is 2.07.